The Morgan fingerprint density at radius 2 is 1.61 bits per heavy atom. The van der Waals surface area contributed by atoms with Crippen LogP contribution in [0.1, 0.15) is 51.5 Å². The van der Waals surface area contributed by atoms with Crippen molar-refractivity contribution in [2.75, 3.05) is 21.3 Å². The van der Waals surface area contributed by atoms with Gasteiger partial charge in [0.05, 0.1) is 27.4 Å². The first-order valence-corrected chi connectivity index (χ1v) is 9.81. The predicted octanol–water partition coefficient (Wildman–Crippen LogP) is 4.23. The van der Waals surface area contributed by atoms with E-state index in [1.54, 1.807) is 44.8 Å². The van der Waals surface area contributed by atoms with Crippen molar-refractivity contribution in [3.63, 3.8) is 0 Å². The number of Topliss-reactive ketones (excluding diaryl/α,β-unsaturated/α-hetero) is 1. The molecule has 1 heterocycles. The van der Waals surface area contributed by atoms with E-state index < -0.39 is 0 Å². The van der Waals surface area contributed by atoms with Crippen molar-refractivity contribution in [3.05, 3.63) is 39.1 Å². The third-order valence-electron chi connectivity index (χ3n) is 4.49. The second kappa shape index (κ2) is 9.59. The Bertz CT molecular complexity index is 833. The number of carbonyl (C=O) groups excluding carboxylic acids is 2. The molecule has 6 nitrogen and oxygen atoms in total. The van der Waals surface area contributed by atoms with Gasteiger partial charge in [-0.1, -0.05) is 0 Å². The van der Waals surface area contributed by atoms with E-state index in [9.17, 15) is 9.59 Å². The smallest absolute Gasteiger partial charge is 0.220 e. The lowest BCUT2D eigenvalue weighted by Gasteiger charge is -2.18. The predicted molar refractivity (Wildman–Crippen MR) is 110 cm³/mol. The van der Waals surface area contributed by atoms with E-state index in [-0.39, 0.29) is 30.6 Å². The Kier molecular flexibility index (Phi) is 7.45. The van der Waals surface area contributed by atoms with Gasteiger partial charge in [-0.3, -0.25) is 9.59 Å². The van der Waals surface area contributed by atoms with Crippen LogP contribution in [0.2, 0.25) is 0 Å². The lowest BCUT2D eigenvalue weighted by atomic mass is 10.0. The third kappa shape index (κ3) is 5.04. The number of aryl methyl sites for hydroxylation is 2. The molecular formula is C21H27NO5S. The van der Waals surface area contributed by atoms with Crippen LogP contribution in [-0.4, -0.2) is 33.0 Å². The highest BCUT2D eigenvalue weighted by Crippen LogP contribution is 2.39. The molecule has 28 heavy (non-hydrogen) atoms. The van der Waals surface area contributed by atoms with Crippen molar-refractivity contribution in [1.82, 2.24) is 5.32 Å². The van der Waals surface area contributed by atoms with Gasteiger partial charge in [-0.05, 0) is 44.5 Å². The second-order valence-electron chi connectivity index (χ2n) is 6.50. The average Bonchev–Trinajstić information content (AvgIpc) is 3.02. The number of benzene rings is 1. The zero-order valence-electron chi connectivity index (χ0n) is 17.2. The molecule has 0 bridgehead atoms. The van der Waals surface area contributed by atoms with E-state index in [1.165, 1.54) is 0 Å². The van der Waals surface area contributed by atoms with Crippen molar-refractivity contribution in [3.8, 4) is 17.2 Å². The number of rotatable bonds is 9. The quantitative estimate of drug-likeness (QED) is 0.632. The number of amides is 1. The van der Waals surface area contributed by atoms with Gasteiger partial charge in [-0.15, -0.1) is 11.3 Å². The van der Waals surface area contributed by atoms with Crippen LogP contribution < -0.4 is 19.5 Å². The Hall–Kier alpha value is -2.54. The molecule has 0 saturated carbocycles. The molecule has 0 aliphatic rings. The third-order valence-corrected chi connectivity index (χ3v) is 5.45. The molecule has 1 aromatic carbocycles. The Labute approximate surface area is 169 Å². The van der Waals surface area contributed by atoms with E-state index in [0.717, 1.165) is 15.3 Å². The molecule has 1 N–H and O–H groups in total. The fourth-order valence-electron chi connectivity index (χ4n) is 3.02. The molecule has 2 aromatic rings. The van der Waals surface area contributed by atoms with E-state index in [4.69, 9.17) is 14.2 Å². The van der Waals surface area contributed by atoms with Crippen LogP contribution in [0.5, 0.6) is 17.2 Å². The Morgan fingerprint density at radius 1 is 1.00 bits per heavy atom. The zero-order valence-corrected chi connectivity index (χ0v) is 18.0. The van der Waals surface area contributed by atoms with Crippen LogP contribution in [0.3, 0.4) is 0 Å². The maximum Gasteiger partial charge on any atom is 0.220 e. The van der Waals surface area contributed by atoms with Crippen LogP contribution in [-0.2, 0) is 4.79 Å². The van der Waals surface area contributed by atoms with Gasteiger partial charge in [-0.25, -0.2) is 0 Å². The lowest BCUT2D eigenvalue weighted by Crippen LogP contribution is -2.27. The van der Waals surface area contributed by atoms with Crippen molar-refractivity contribution >= 4 is 23.0 Å². The molecule has 2 rings (SSSR count). The van der Waals surface area contributed by atoms with E-state index >= 15 is 0 Å². The summed E-state index contributed by atoms with van der Waals surface area (Å²) in [6.07, 6.45) is 0.326. The van der Waals surface area contributed by atoms with Crippen LogP contribution in [0.15, 0.2) is 18.2 Å². The van der Waals surface area contributed by atoms with Gasteiger partial charge in [0, 0.05) is 28.2 Å². The normalized spacial score (nSPS) is 11.6. The van der Waals surface area contributed by atoms with Crippen LogP contribution >= 0.6 is 11.3 Å². The summed E-state index contributed by atoms with van der Waals surface area (Å²) in [6.45, 7) is 5.77. The molecule has 1 aromatic heterocycles. The molecule has 0 aliphatic carbocycles. The first-order valence-electron chi connectivity index (χ1n) is 9.00. The monoisotopic (exact) mass is 405 g/mol. The number of ketones is 1. The summed E-state index contributed by atoms with van der Waals surface area (Å²) in [6, 6.07) is 5.21. The summed E-state index contributed by atoms with van der Waals surface area (Å²) >= 11 is 1.59. The van der Waals surface area contributed by atoms with Gasteiger partial charge < -0.3 is 19.5 Å². The second-order valence-corrected chi connectivity index (χ2v) is 7.96. The van der Waals surface area contributed by atoms with Crippen molar-refractivity contribution in [2.24, 2.45) is 0 Å². The Morgan fingerprint density at radius 3 is 2.07 bits per heavy atom. The summed E-state index contributed by atoms with van der Waals surface area (Å²) in [5.41, 5.74) is 1.53. The fraction of sp³-hybridized carbons (Fsp3) is 0.429. The van der Waals surface area contributed by atoms with Gasteiger partial charge in [0.2, 0.25) is 11.7 Å². The minimum atomic E-state index is -0.276. The van der Waals surface area contributed by atoms with Crippen LogP contribution in [0.4, 0.5) is 0 Å². The SMILES string of the molecule is COc1cc(C(C)NC(=O)CCC(=O)c2cc(C)sc2C)cc(OC)c1OC. The van der Waals surface area contributed by atoms with Crippen molar-refractivity contribution in [2.45, 2.75) is 39.7 Å². The molecule has 0 saturated heterocycles. The standard InChI is InChI=1S/C21H27NO5S/c1-12-9-16(14(3)28-12)17(23)7-8-20(24)22-13(2)15-10-18(25-4)21(27-6)19(11-15)26-5/h9-11,13H,7-8H2,1-6H3,(H,22,24). The summed E-state index contributed by atoms with van der Waals surface area (Å²) in [4.78, 5) is 26.8. The van der Waals surface area contributed by atoms with Crippen molar-refractivity contribution in [1.29, 1.82) is 0 Å². The summed E-state index contributed by atoms with van der Waals surface area (Å²) in [5, 5.41) is 2.92. The molecule has 0 spiro atoms. The molecule has 1 amide bonds. The van der Waals surface area contributed by atoms with Gasteiger partial charge >= 0.3 is 0 Å². The highest BCUT2D eigenvalue weighted by molar-refractivity contribution is 7.12. The molecule has 0 radical (unpaired) electrons. The maximum absolute atomic E-state index is 12.4. The maximum atomic E-state index is 12.4. The molecule has 0 aliphatic heterocycles. The molecule has 1 atom stereocenters. The van der Waals surface area contributed by atoms with Gasteiger partial charge in [-0.2, -0.15) is 0 Å². The number of hydrogen-bond donors (Lipinski definition) is 1. The molecule has 0 fully saturated rings. The zero-order chi connectivity index (χ0) is 20.8. The van der Waals surface area contributed by atoms with Gasteiger partial charge in [0.25, 0.3) is 0 Å². The van der Waals surface area contributed by atoms with Gasteiger partial charge in [0.1, 0.15) is 0 Å². The van der Waals surface area contributed by atoms with E-state index in [1.807, 2.05) is 26.8 Å². The number of nitrogens with one attached hydrogen (secondary N) is 1. The number of thiophene rings is 1. The summed E-state index contributed by atoms with van der Waals surface area (Å²) in [7, 11) is 4.63. The highest BCUT2D eigenvalue weighted by Gasteiger charge is 2.19. The molecule has 7 heteroatoms. The lowest BCUT2D eigenvalue weighted by molar-refractivity contribution is -0.121. The molecule has 1 unspecified atom stereocenters. The number of hydrogen-bond acceptors (Lipinski definition) is 6. The summed E-state index contributed by atoms with van der Waals surface area (Å²) < 4.78 is 16.0. The van der Waals surface area contributed by atoms with E-state index in [0.29, 0.717) is 22.8 Å². The number of methoxy groups -OCH3 is 3. The Balaban J connectivity index is 2.02. The number of carbonyl (C=O) groups is 2. The van der Waals surface area contributed by atoms with Crippen LogP contribution in [0, 0.1) is 13.8 Å². The van der Waals surface area contributed by atoms with Crippen LogP contribution in [0.25, 0.3) is 0 Å². The first kappa shape index (κ1) is 21.8. The number of ether oxygens (including phenoxy) is 3. The highest BCUT2D eigenvalue weighted by atomic mass is 32.1. The minimum absolute atomic E-state index is 0.00237. The van der Waals surface area contributed by atoms with E-state index in [2.05, 4.69) is 5.32 Å². The fourth-order valence-corrected chi connectivity index (χ4v) is 3.96. The average molecular weight is 406 g/mol. The van der Waals surface area contributed by atoms with Gasteiger partial charge in [0.15, 0.2) is 17.3 Å². The minimum Gasteiger partial charge on any atom is -0.493 e. The molecular weight excluding hydrogens is 378 g/mol. The topological polar surface area (TPSA) is 73.9 Å². The van der Waals surface area contributed by atoms with Crippen molar-refractivity contribution < 1.29 is 23.8 Å². The molecule has 152 valence electrons. The largest absolute Gasteiger partial charge is 0.493 e. The summed E-state index contributed by atoms with van der Waals surface area (Å²) in [5.74, 6) is 1.36. The first-order chi connectivity index (χ1) is 13.3.